The number of carbonyl (C=O) groups is 1. The van der Waals surface area contributed by atoms with Gasteiger partial charge >= 0.3 is 5.97 Å². The number of aryl methyl sites for hydroxylation is 1. The van der Waals surface area contributed by atoms with E-state index < -0.39 is 0 Å². The Kier molecular flexibility index (Phi) is 4.77. The number of carbonyl (C=O) groups excluding carboxylic acids is 1. The van der Waals surface area contributed by atoms with Crippen molar-refractivity contribution in [3.8, 4) is 5.88 Å². The summed E-state index contributed by atoms with van der Waals surface area (Å²) in [6, 6.07) is 3.92. The maximum atomic E-state index is 11.2. The van der Waals surface area contributed by atoms with Gasteiger partial charge in [0.25, 0.3) is 0 Å². The number of aromatic nitrogens is 1. The largest absolute Gasteiger partial charge is 0.474 e. The molecule has 0 amide bonds. The molecule has 1 aromatic heterocycles. The Labute approximate surface area is 114 Å². The number of esters is 1. The van der Waals surface area contributed by atoms with E-state index in [1.54, 1.807) is 6.20 Å². The van der Waals surface area contributed by atoms with Gasteiger partial charge < -0.3 is 9.47 Å². The molecule has 0 saturated heterocycles. The fourth-order valence-electron chi connectivity index (χ4n) is 2.53. The van der Waals surface area contributed by atoms with Crippen LogP contribution >= 0.6 is 0 Å². The van der Waals surface area contributed by atoms with Crippen LogP contribution in [0.25, 0.3) is 0 Å². The van der Waals surface area contributed by atoms with Crippen molar-refractivity contribution >= 4 is 5.97 Å². The van der Waals surface area contributed by atoms with Crippen molar-refractivity contribution in [2.24, 2.45) is 5.92 Å². The Morgan fingerprint density at radius 2 is 2.11 bits per heavy atom. The second-order valence-electron chi connectivity index (χ2n) is 5.17. The Balaban J connectivity index is 1.81. The molecule has 1 aromatic rings. The van der Waals surface area contributed by atoms with Gasteiger partial charge in [-0.3, -0.25) is 4.79 Å². The molecular weight excluding hydrogens is 242 g/mol. The van der Waals surface area contributed by atoms with Gasteiger partial charge in [0, 0.05) is 18.2 Å². The molecule has 0 unspecified atom stereocenters. The fraction of sp³-hybridized carbons (Fsp3) is 0.600. The number of nitrogens with zero attached hydrogens (tertiary/aromatic N) is 1. The zero-order valence-electron chi connectivity index (χ0n) is 11.6. The summed E-state index contributed by atoms with van der Waals surface area (Å²) >= 11 is 0. The molecule has 1 fully saturated rings. The van der Waals surface area contributed by atoms with Crippen LogP contribution in [0.2, 0.25) is 0 Å². The zero-order chi connectivity index (χ0) is 13.7. The van der Waals surface area contributed by atoms with Crippen LogP contribution in [0.5, 0.6) is 5.88 Å². The standard InChI is InChI=1S/C15H21NO3/c1-11-4-3-9-16-15(11)19-13-7-5-12(6-8-13)10-14(17)18-2/h3-4,9,12-13H,5-8,10H2,1-2H3/t12-,13+. The summed E-state index contributed by atoms with van der Waals surface area (Å²) in [5, 5.41) is 0. The van der Waals surface area contributed by atoms with Crippen LogP contribution in [0.3, 0.4) is 0 Å². The maximum Gasteiger partial charge on any atom is 0.305 e. The second-order valence-corrected chi connectivity index (χ2v) is 5.17. The molecule has 104 valence electrons. The molecule has 1 aliphatic carbocycles. The summed E-state index contributed by atoms with van der Waals surface area (Å²) in [5.41, 5.74) is 1.07. The topological polar surface area (TPSA) is 48.4 Å². The van der Waals surface area contributed by atoms with Crippen LogP contribution in [0.4, 0.5) is 0 Å². The van der Waals surface area contributed by atoms with Gasteiger partial charge in [-0.2, -0.15) is 0 Å². The average molecular weight is 263 g/mol. The van der Waals surface area contributed by atoms with Gasteiger partial charge in [0.05, 0.1) is 7.11 Å². The van der Waals surface area contributed by atoms with E-state index in [1.165, 1.54) is 7.11 Å². The van der Waals surface area contributed by atoms with Crippen molar-refractivity contribution in [1.82, 2.24) is 4.98 Å². The third kappa shape index (κ3) is 3.94. The lowest BCUT2D eigenvalue weighted by Gasteiger charge is -2.28. The molecule has 0 radical (unpaired) electrons. The van der Waals surface area contributed by atoms with E-state index in [2.05, 4.69) is 4.98 Å². The SMILES string of the molecule is COC(=O)C[C@H]1CC[C@@H](Oc2ncccc2C)CC1. The van der Waals surface area contributed by atoms with Crippen LogP contribution in [-0.2, 0) is 9.53 Å². The first kappa shape index (κ1) is 13.8. The van der Waals surface area contributed by atoms with Crippen molar-refractivity contribution in [2.45, 2.75) is 45.1 Å². The van der Waals surface area contributed by atoms with E-state index in [1.807, 2.05) is 19.1 Å². The maximum absolute atomic E-state index is 11.2. The minimum absolute atomic E-state index is 0.107. The average Bonchev–Trinajstić information content (AvgIpc) is 2.43. The minimum atomic E-state index is -0.107. The normalized spacial score (nSPS) is 22.8. The van der Waals surface area contributed by atoms with E-state index in [-0.39, 0.29) is 12.1 Å². The van der Waals surface area contributed by atoms with Gasteiger partial charge in [-0.15, -0.1) is 0 Å². The first-order chi connectivity index (χ1) is 9.19. The Bertz CT molecular complexity index is 425. The Morgan fingerprint density at radius 1 is 1.37 bits per heavy atom. The molecule has 0 aliphatic heterocycles. The third-order valence-corrected chi connectivity index (χ3v) is 3.72. The molecule has 1 saturated carbocycles. The summed E-state index contributed by atoms with van der Waals surface area (Å²) in [6.07, 6.45) is 6.52. The van der Waals surface area contributed by atoms with E-state index in [4.69, 9.17) is 9.47 Å². The number of methoxy groups -OCH3 is 1. The summed E-state index contributed by atoms with van der Waals surface area (Å²) in [6.45, 7) is 2.01. The summed E-state index contributed by atoms with van der Waals surface area (Å²) in [4.78, 5) is 15.5. The molecular formula is C15H21NO3. The molecule has 1 heterocycles. The van der Waals surface area contributed by atoms with Gasteiger partial charge in [0.2, 0.25) is 5.88 Å². The molecule has 0 bridgehead atoms. The van der Waals surface area contributed by atoms with Crippen LogP contribution in [0.1, 0.15) is 37.7 Å². The molecule has 4 heteroatoms. The van der Waals surface area contributed by atoms with Crippen molar-refractivity contribution in [2.75, 3.05) is 7.11 Å². The number of hydrogen-bond acceptors (Lipinski definition) is 4. The van der Waals surface area contributed by atoms with E-state index >= 15 is 0 Å². The summed E-state index contributed by atoms with van der Waals surface area (Å²) in [5.74, 6) is 1.07. The predicted molar refractivity (Wildman–Crippen MR) is 72.0 cm³/mol. The molecule has 19 heavy (non-hydrogen) atoms. The van der Waals surface area contributed by atoms with Crippen molar-refractivity contribution in [3.63, 3.8) is 0 Å². The molecule has 2 rings (SSSR count). The summed E-state index contributed by atoms with van der Waals surface area (Å²) in [7, 11) is 1.45. The van der Waals surface area contributed by atoms with Gasteiger partial charge in [-0.05, 0) is 44.6 Å². The minimum Gasteiger partial charge on any atom is -0.474 e. The lowest BCUT2D eigenvalue weighted by molar-refractivity contribution is -0.142. The van der Waals surface area contributed by atoms with Gasteiger partial charge in [-0.1, -0.05) is 6.07 Å². The number of pyridine rings is 1. The first-order valence-electron chi connectivity index (χ1n) is 6.84. The molecule has 1 aliphatic rings. The quantitative estimate of drug-likeness (QED) is 0.784. The first-order valence-corrected chi connectivity index (χ1v) is 6.84. The Morgan fingerprint density at radius 3 is 2.74 bits per heavy atom. The van der Waals surface area contributed by atoms with E-state index in [0.29, 0.717) is 12.3 Å². The monoisotopic (exact) mass is 263 g/mol. The Hall–Kier alpha value is -1.58. The third-order valence-electron chi connectivity index (χ3n) is 3.72. The zero-order valence-corrected chi connectivity index (χ0v) is 11.6. The fourth-order valence-corrected chi connectivity index (χ4v) is 2.53. The highest BCUT2D eigenvalue weighted by Crippen LogP contribution is 2.30. The van der Waals surface area contributed by atoms with Crippen LogP contribution in [0, 0.1) is 12.8 Å². The molecule has 0 spiro atoms. The van der Waals surface area contributed by atoms with E-state index in [0.717, 1.165) is 37.1 Å². The van der Waals surface area contributed by atoms with Crippen molar-refractivity contribution in [3.05, 3.63) is 23.9 Å². The molecule has 4 nitrogen and oxygen atoms in total. The smallest absolute Gasteiger partial charge is 0.305 e. The number of rotatable bonds is 4. The highest BCUT2D eigenvalue weighted by molar-refractivity contribution is 5.69. The number of hydrogen-bond donors (Lipinski definition) is 0. The number of ether oxygens (including phenoxy) is 2. The van der Waals surface area contributed by atoms with Gasteiger partial charge in [0.1, 0.15) is 6.10 Å². The second kappa shape index (κ2) is 6.55. The van der Waals surface area contributed by atoms with Crippen molar-refractivity contribution in [1.29, 1.82) is 0 Å². The lowest BCUT2D eigenvalue weighted by atomic mass is 9.85. The molecule has 0 N–H and O–H groups in total. The van der Waals surface area contributed by atoms with E-state index in [9.17, 15) is 4.79 Å². The predicted octanol–water partition coefficient (Wildman–Crippen LogP) is 2.89. The molecule has 0 atom stereocenters. The lowest BCUT2D eigenvalue weighted by Crippen LogP contribution is -2.26. The van der Waals surface area contributed by atoms with Crippen molar-refractivity contribution < 1.29 is 14.3 Å². The van der Waals surface area contributed by atoms with Crippen LogP contribution in [-0.4, -0.2) is 24.2 Å². The van der Waals surface area contributed by atoms with Crippen LogP contribution < -0.4 is 4.74 Å². The van der Waals surface area contributed by atoms with Gasteiger partial charge in [-0.25, -0.2) is 4.98 Å². The van der Waals surface area contributed by atoms with Gasteiger partial charge in [0.15, 0.2) is 0 Å². The highest BCUT2D eigenvalue weighted by atomic mass is 16.5. The van der Waals surface area contributed by atoms with Crippen LogP contribution in [0.15, 0.2) is 18.3 Å². The highest BCUT2D eigenvalue weighted by Gasteiger charge is 2.24. The molecule has 0 aromatic carbocycles. The summed E-state index contributed by atoms with van der Waals surface area (Å²) < 4.78 is 10.6.